The highest BCUT2D eigenvalue weighted by Crippen LogP contribution is 2.52. The van der Waals surface area contributed by atoms with E-state index in [4.69, 9.17) is 14.2 Å². The van der Waals surface area contributed by atoms with Gasteiger partial charge in [-0.3, -0.25) is 9.59 Å². The Morgan fingerprint density at radius 2 is 1.73 bits per heavy atom. The summed E-state index contributed by atoms with van der Waals surface area (Å²) in [7, 11) is 0. The highest BCUT2D eigenvalue weighted by molar-refractivity contribution is 5.92. The summed E-state index contributed by atoms with van der Waals surface area (Å²) in [6.45, 7) is 10.7. The summed E-state index contributed by atoms with van der Waals surface area (Å²) in [6, 6.07) is 0. The highest BCUT2D eigenvalue weighted by Gasteiger charge is 2.53. The molecule has 0 radical (unpaired) electrons. The minimum atomic E-state index is -0.628. The van der Waals surface area contributed by atoms with Gasteiger partial charge in [0, 0.05) is 31.3 Å². The topological polar surface area (TPSA) is 78.9 Å². The highest BCUT2D eigenvalue weighted by atomic mass is 16.6. The lowest BCUT2D eigenvalue weighted by atomic mass is 9.59. The minimum absolute atomic E-state index is 0.0614. The van der Waals surface area contributed by atoms with Crippen molar-refractivity contribution in [3.05, 3.63) is 34.4 Å². The molecule has 0 N–H and O–H groups in total. The smallest absolute Gasteiger partial charge is 0.334 e. The molecule has 1 heterocycles. The molecule has 0 unspecified atom stereocenters. The quantitative estimate of drug-likeness (QED) is 0.381. The molecule has 6 heteroatoms. The van der Waals surface area contributed by atoms with Crippen LogP contribution in [-0.4, -0.2) is 36.2 Å². The Kier molecular flexibility index (Phi) is 6.25. The third-order valence-corrected chi connectivity index (χ3v) is 6.98. The van der Waals surface area contributed by atoms with Gasteiger partial charge in [0.2, 0.25) is 0 Å². The fourth-order valence-corrected chi connectivity index (χ4v) is 5.23. The molecule has 0 fully saturated rings. The van der Waals surface area contributed by atoms with Crippen LogP contribution in [0.15, 0.2) is 34.4 Å². The number of ether oxygens (including phenoxy) is 3. The van der Waals surface area contributed by atoms with Crippen LogP contribution in [-0.2, 0) is 28.6 Å². The summed E-state index contributed by atoms with van der Waals surface area (Å²) in [6.07, 6.45) is 5.34. The Morgan fingerprint density at radius 3 is 2.37 bits per heavy atom. The fraction of sp³-hybridized carbons (Fsp3) is 0.625. The van der Waals surface area contributed by atoms with Crippen LogP contribution in [0.25, 0.3) is 0 Å². The fourth-order valence-electron chi connectivity index (χ4n) is 5.23. The number of fused-ring (bicyclic) bond motifs is 2. The van der Waals surface area contributed by atoms with Crippen molar-refractivity contribution in [2.24, 2.45) is 11.3 Å². The number of allylic oxidation sites excluding steroid dienone is 2. The average Bonchev–Trinajstić information content (AvgIpc) is 2.90. The van der Waals surface area contributed by atoms with Crippen molar-refractivity contribution in [3.63, 3.8) is 0 Å². The van der Waals surface area contributed by atoms with E-state index in [1.807, 2.05) is 13.0 Å². The third kappa shape index (κ3) is 4.09. The molecule has 0 amide bonds. The second kappa shape index (κ2) is 8.40. The van der Waals surface area contributed by atoms with Crippen molar-refractivity contribution in [1.82, 2.24) is 0 Å². The molecule has 0 aromatic rings. The van der Waals surface area contributed by atoms with E-state index in [-0.39, 0.29) is 29.9 Å². The van der Waals surface area contributed by atoms with E-state index in [0.717, 1.165) is 16.7 Å². The van der Waals surface area contributed by atoms with Crippen molar-refractivity contribution >= 4 is 17.9 Å². The van der Waals surface area contributed by atoms with E-state index in [9.17, 15) is 14.4 Å². The van der Waals surface area contributed by atoms with Crippen LogP contribution < -0.4 is 0 Å². The van der Waals surface area contributed by atoms with Crippen molar-refractivity contribution in [2.75, 3.05) is 0 Å². The van der Waals surface area contributed by atoms with Gasteiger partial charge in [-0.25, -0.2) is 4.79 Å². The van der Waals surface area contributed by atoms with Crippen molar-refractivity contribution in [2.45, 2.75) is 85.5 Å². The SMILES string of the molecule is CC(=O)O[C@@H]1CC=C(C)[C@H]2CC3=C(C)C(=O)O[C@@H]3/C=C(/C)CC[C@@H](OC(C)=O)[C@@]21C. The van der Waals surface area contributed by atoms with Gasteiger partial charge in [-0.2, -0.15) is 0 Å². The Hall–Kier alpha value is -2.37. The Balaban J connectivity index is 2.16. The molecule has 3 rings (SSSR count). The van der Waals surface area contributed by atoms with E-state index in [1.165, 1.54) is 13.8 Å². The van der Waals surface area contributed by atoms with Gasteiger partial charge in [0.25, 0.3) is 0 Å². The molecule has 2 aliphatic carbocycles. The first-order valence-corrected chi connectivity index (χ1v) is 10.6. The van der Waals surface area contributed by atoms with E-state index >= 15 is 0 Å². The van der Waals surface area contributed by atoms with Crippen molar-refractivity contribution in [3.8, 4) is 0 Å². The number of rotatable bonds is 2. The predicted octanol–water partition coefficient (Wildman–Crippen LogP) is 4.19. The maximum absolute atomic E-state index is 12.3. The molecule has 0 saturated carbocycles. The summed E-state index contributed by atoms with van der Waals surface area (Å²) in [4.78, 5) is 36.3. The predicted molar refractivity (Wildman–Crippen MR) is 111 cm³/mol. The van der Waals surface area contributed by atoms with Gasteiger partial charge < -0.3 is 14.2 Å². The first-order valence-electron chi connectivity index (χ1n) is 10.6. The van der Waals surface area contributed by atoms with Gasteiger partial charge in [0.1, 0.15) is 18.3 Å². The van der Waals surface area contributed by atoms with E-state index in [0.29, 0.717) is 31.3 Å². The number of carbonyl (C=O) groups excluding carboxylic acids is 3. The Labute approximate surface area is 178 Å². The van der Waals surface area contributed by atoms with E-state index < -0.39 is 17.6 Å². The first kappa shape index (κ1) is 22.3. The molecule has 3 aliphatic rings. The van der Waals surface area contributed by atoms with Crippen LogP contribution >= 0.6 is 0 Å². The van der Waals surface area contributed by atoms with Crippen molar-refractivity contribution in [1.29, 1.82) is 0 Å². The molecule has 164 valence electrons. The Morgan fingerprint density at radius 1 is 1.10 bits per heavy atom. The lowest BCUT2D eigenvalue weighted by molar-refractivity contribution is -0.178. The van der Waals surface area contributed by atoms with Gasteiger partial charge in [0.15, 0.2) is 0 Å². The number of hydrogen-bond acceptors (Lipinski definition) is 6. The number of hydrogen-bond donors (Lipinski definition) is 0. The van der Waals surface area contributed by atoms with Gasteiger partial charge in [-0.05, 0) is 57.6 Å². The normalized spacial score (nSPS) is 35.9. The molecule has 5 atom stereocenters. The molecule has 1 aliphatic heterocycles. The zero-order valence-electron chi connectivity index (χ0n) is 18.7. The van der Waals surface area contributed by atoms with Crippen LogP contribution in [0.2, 0.25) is 0 Å². The Bertz CT molecular complexity index is 848. The maximum Gasteiger partial charge on any atom is 0.334 e. The summed E-state index contributed by atoms with van der Waals surface area (Å²) in [5.41, 5.74) is 3.19. The van der Waals surface area contributed by atoms with Crippen LogP contribution in [0.1, 0.15) is 67.2 Å². The third-order valence-electron chi connectivity index (χ3n) is 6.98. The first-order chi connectivity index (χ1) is 14.0. The zero-order chi connectivity index (χ0) is 22.2. The lowest BCUT2D eigenvalue weighted by Gasteiger charge is -2.50. The summed E-state index contributed by atoms with van der Waals surface area (Å²) < 4.78 is 17.3. The second-order valence-corrected chi connectivity index (χ2v) is 9.03. The minimum Gasteiger partial charge on any atom is -0.462 e. The number of esters is 3. The van der Waals surface area contributed by atoms with Gasteiger partial charge >= 0.3 is 17.9 Å². The molecule has 0 spiro atoms. The average molecular weight is 417 g/mol. The molecular formula is C24H32O6. The van der Waals surface area contributed by atoms with Gasteiger partial charge in [0.05, 0.1) is 0 Å². The summed E-state index contributed by atoms with van der Waals surface area (Å²) in [5, 5.41) is 0. The van der Waals surface area contributed by atoms with Crippen LogP contribution in [0, 0.1) is 11.3 Å². The van der Waals surface area contributed by atoms with Crippen LogP contribution in [0.5, 0.6) is 0 Å². The summed E-state index contributed by atoms with van der Waals surface area (Å²) in [5.74, 6) is -1.05. The molecule has 0 aromatic carbocycles. The maximum atomic E-state index is 12.3. The largest absolute Gasteiger partial charge is 0.462 e. The van der Waals surface area contributed by atoms with Crippen LogP contribution in [0.3, 0.4) is 0 Å². The standard InChI is InChI=1S/C24H32O6/c1-13-7-9-21(28-16(4)25)24(6)19(14(2)8-10-22(24)29-17(5)26)12-18-15(3)23(27)30-20(18)11-13/h8,11,19-22H,7,9-10,12H2,1-6H3/b13-11-/t19-,20-,21-,22-,24-/m1/s1. The second-order valence-electron chi connectivity index (χ2n) is 9.03. The molecular weight excluding hydrogens is 384 g/mol. The zero-order valence-corrected chi connectivity index (χ0v) is 18.7. The van der Waals surface area contributed by atoms with Crippen LogP contribution in [0.4, 0.5) is 0 Å². The molecule has 6 nitrogen and oxygen atoms in total. The van der Waals surface area contributed by atoms with Gasteiger partial charge in [-0.15, -0.1) is 0 Å². The summed E-state index contributed by atoms with van der Waals surface area (Å²) >= 11 is 0. The molecule has 0 saturated heterocycles. The molecule has 30 heavy (non-hydrogen) atoms. The van der Waals surface area contributed by atoms with Crippen molar-refractivity contribution < 1.29 is 28.6 Å². The monoisotopic (exact) mass is 416 g/mol. The molecule has 0 bridgehead atoms. The lowest BCUT2D eigenvalue weighted by Crippen LogP contribution is -2.53. The molecule has 0 aromatic heterocycles. The number of carbonyl (C=O) groups is 3. The van der Waals surface area contributed by atoms with E-state index in [1.54, 1.807) is 6.92 Å². The van der Waals surface area contributed by atoms with E-state index in [2.05, 4.69) is 19.9 Å². The van der Waals surface area contributed by atoms with Gasteiger partial charge in [-0.1, -0.05) is 24.1 Å².